The molecule has 0 aliphatic carbocycles. The predicted molar refractivity (Wildman–Crippen MR) is 97.7 cm³/mol. The summed E-state index contributed by atoms with van der Waals surface area (Å²) in [4.78, 5) is 27.8. The number of nitrogens with one attached hydrogen (secondary N) is 1. The quantitative estimate of drug-likeness (QED) is 0.618. The van der Waals surface area contributed by atoms with Gasteiger partial charge in [-0.05, 0) is 31.5 Å². The second-order valence-electron chi connectivity index (χ2n) is 5.30. The lowest BCUT2D eigenvalue weighted by molar-refractivity contribution is -0.118. The fraction of sp³-hybridized carbons (Fsp3) is 0.222. The maximum absolute atomic E-state index is 12.0. The molecule has 0 aliphatic heterocycles. The molecule has 1 N–H and O–H groups in total. The Morgan fingerprint density at radius 3 is 2.72 bits per heavy atom. The number of aryl methyl sites for hydroxylation is 1. The first kappa shape index (κ1) is 19.0. The van der Waals surface area contributed by atoms with E-state index in [-0.39, 0.29) is 17.4 Å². The van der Waals surface area contributed by atoms with E-state index in [2.05, 4.69) is 10.3 Å². The first-order valence-electron chi connectivity index (χ1n) is 7.48. The Bertz CT molecular complexity index is 862. The predicted octanol–water partition coefficient (Wildman–Crippen LogP) is 3.53. The maximum atomic E-state index is 12.0. The summed E-state index contributed by atoms with van der Waals surface area (Å²) in [6, 6.07) is 10.8. The molecule has 0 spiro atoms. The van der Waals surface area contributed by atoms with E-state index >= 15 is 0 Å². The van der Waals surface area contributed by atoms with E-state index in [0.717, 1.165) is 17.3 Å². The van der Waals surface area contributed by atoms with Gasteiger partial charge in [-0.15, -0.1) is 0 Å². The average molecular weight is 374 g/mol. The number of pyridine rings is 1. The van der Waals surface area contributed by atoms with Gasteiger partial charge in [0.1, 0.15) is 11.1 Å². The van der Waals surface area contributed by atoms with Gasteiger partial charge in [0.05, 0.1) is 11.3 Å². The molecule has 1 heterocycles. The van der Waals surface area contributed by atoms with Crippen LogP contribution in [0.5, 0.6) is 0 Å². The van der Waals surface area contributed by atoms with Crippen molar-refractivity contribution in [2.45, 2.75) is 25.4 Å². The topological polar surface area (TPSA) is 82.8 Å². The number of halogens is 1. The molecule has 128 valence electrons. The van der Waals surface area contributed by atoms with E-state index in [1.54, 1.807) is 13.0 Å². The number of nitriles is 1. The van der Waals surface area contributed by atoms with Crippen molar-refractivity contribution in [3.63, 3.8) is 0 Å². The monoisotopic (exact) mass is 373 g/mol. The number of benzene rings is 1. The zero-order chi connectivity index (χ0) is 18.4. The van der Waals surface area contributed by atoms with Gasteiger partial charge in [-0.1, -0.05) is 41.6 Å². The van der Waals surface area contributed by atoms with Crippen LogP contribution in [0.25, 0.3) is 0 Å². The molecule has 0 aliphatic rings. The number of aromatic nitrogens is 1. The lowest BCUT2D eigenvalue weighted by Gasteiger charge is -2.09. The summed E-state index contributed by atoms with van der Waals surface area (Å²) in [6.07, 6.45) is 0. The van der Waals surface area contributed by atoms with Gasteiger partial charge in [-0.2, -0.15) is 5.26 Å². The van der Waals surface area contributed by atoms with Crippen LogP contribution in [0.2, 0.25) is 5.02 Å². The molecule has 1 aromatic carbocycles. The van der Waals surface area contributed by atoms with Crippen molar-refractivity contribution in [2.75, 3.05) is 5.75 Å². The Kier molecular flexibility index (Phi) is 6.57. The van der Waals surface area contributed by atoms with Crippen LogP contribution < -0.4 is 5.32 Å². The fourth-order valence-corrected chi connectivity index (χ4v) is 3.18. The number of nitrogens with zero attached hydrogens (tertiary/aromatic N) is 2. The van der Waals surface area contributed by atoms with Crippen LogP contribution >= 0.6 is 23.4 Å². The van der Waals surface area contributed by atoms with Crippen LogP contribution in [0.15, 0.2) is 35.4 Å². The summed E-state index contributed by atoms with van der Waals surface area (Å²) in [5, 5.41) is 13.1. The molecule has 0 fully saturated rings. The Hall–Kier alpha value is -2.36. The first-order valence-corrected chi connectivity index (χ1v) is 8.84. The van der Waals surface area contributed by atoms with Crippen LogP contribution in [-0.4, -0.2) is 22.4 Å². The third-order valence-corrected chi connectivity index (χ3v) is 4.81. The normalized spacial score (nSPS) is 10.2. The molecule has 5 nitrogen and oxygen atoms in total. The number of thioether (sulfide) groups is 1. The summed E-state index contributed by atoms with van der Waals surface area (Å²) in [5.41, 5.74) is 2.09. The van der Waals surface area contributed by atoms with E-state index in [9.17, 15) is 14.9 Å². The average Bonchev–Trinajstić information content (AvgIpc) is 2.59. The van der Waals surface area contributed by atoms with E-state index < -0.39 is 0 Å². The van der Waals surface area contributed by atoms with Gasteiger partial charge in [-0.3, -0.25) is 9.59 Å². The molecule has 0 bridgehead atoms. The van der Waals surface area contributed by atoms with Crippen molar-refractivity contribution in [2.24, 2.45) is 0 Å². The molecule has 0 atom stereocenters. The van der Waals surface area contributed by atoms with Crippen molar-refractivity contribution in [3.05, 3.63) is 57.7 Å². The van der Waals surface area contributed by atoms with Crippen LogP contribution in [0.1, 0.15) is 34.1 Å². The van der Waals surface area contributed by atoms with Crippen LogP contribution in [0, 0.1) is 18.3 Å². The third-order valence-electron chi connectivity index (χ3n) is 3.45. The van der Waals surface area contributed by atoms with Gasteiger partial charge in [0.2, 0.25) is 5.91 Å². The molecule has 1 amide bonds. The Morgan fingerprint density at radius 2 is 2.08 bits per heavy atom. The summed E-state index contributed by atoms with van der Waals surface area (Å²) >= 11 is 7.21. The van der Waals surface area contributed by atoms with Gasteiger partial charge < -0.3 is 5.32 Å². The Morgan fingerprint density at radius 1 is 1.36 bits per heavy atom. The summed E-state index contributed by atoms with van der Waals surface area (Å²) < 4.78 is 0. The van der Waals surface area contributed by atoms with Crippen LogP contribution in [0.3, 0.4) is 0 Å². The molecule has 0 saturated carbocycles. The largest absolute Gasteiger partial charge is 0.351 e. The summed E-state index contributed by atoms with van der Waals surface area (Å²) in [6.45, 7) is 3.47. The van der Waals surface area contributed by atoms with Crippen molar-refractivity contribution in [1.29, 1.82) is 5.26 Å². The van der Waals surface area contributed by atoms with Gasteiger partial charge in [0, 0.05) is 22.8 Å². The van der Waals surface area contributed by atoms with Crippen LogP contribution in [0.4, 0.5) is 0 Å². The molecular formula is C18H16ClN3O2S. The zero-order valence-electron chi connectivity index (χ0n) is 13.8. The van der Waals surface area contributed by atoms with Crippen molar-refractivity contribution in [1.82, 2.24) is 10.3 Å². The van der Waals surface area contributed by atoms with Crippen molar-refractivity contribution < 1.29 is 9.59 Å². The molecule has 7 heteroatoms. The minimum Gasteiger partial charge on any atom is -0.351 e. The SMILES string of the molecule is CC(=O)c1cc(C#N)c(SCC(=O)NCc2ccccc2Cl)nc1C. The maximum Gasteiger partial charge on any atom is 0.230 e. The van der Waals surface area contributed by atoms with Crippen LogP contribution in [-0.2, 0) is 11.3 Å². The molecule has 2 rings (SSSR count). The number of Topliss-reactive ketones (excluding diaryl/α,β-unsaturated/α-hetero) is 1. The lowest BCUT2D eigenvalue weighted by atomic mass is 10.1. The number of ketones is 1. The molecule has 0 unspecified atom stereocenters. The number of carbonyl (C=O) groups excluding carboxylic acids is 2. The number of hydrogen-bond acceptors (Lipinski definition) is 5. The second-order valence-corrected chi connectivity index (χ2v) is 6.67. The summed E-state index contributed by atoms with van der Waals surface area (Å²) in [5.74, 6) is -0.218. The number of carbonyl (C=O) groups is 2. The lowest BCUT2D eigenvalue weighted by Crippen LogP contribution is -2.24. The van der Waals surface area contributed by atoms with Crippen molar-refractivity contribution >= 4 is 35.1 Å². The number of hydrogen-bond donors (Lipinski definition) is 1. The van der Waals surface area contributed by atoms with Gasteiger partial charge in [0.15, 0.2) is 5.78 Å². The molecule has 0 radical (unpaired) electrons. The highest BCUT2D eigenvalue weighted by atomic mass is 35.5. The van der Waals surface area contributed by atoms with E-state index in [0.29, 0.717) is 33.4 Å². The fourth-order valence-electron chi connectivity index (χ4n) is 2.15. The molecule has 25 heavy (non-hydrogen) atoms. The molecule has 0 saturated heterocycles. The third kappa shape index (κ3) is 5.05. The van der Waals surface area contributed by atoms with E-state index in [1.807, 2.05) is 24.3 Å². The Labute approximate surface area is 155 Å². The van der Waals surface area contributed by atoms with Crippen molar-refractivity contribution in [3.8, 4) is 6.07 Å². The highest BCUT2D eigenvalue weighted by Crippen LogP contribution is 2.23. The molecule has 2 aromatic rings. The Balaban J connectivity index is 2.00. The van der Waals surface area contributed by atoms with Gasteiger partial charge in [0.25, 0.3) is 0 Å². The second kappa shape index (κ2) is 8.65. The van der Waals surface area contributed by atoms with Gasteiger partial charge in [-0.25, -0.2) is 4.98 Å². The summed E-state index contributed by atoms with van der Waals surface area (Å²) in [7, 11) is 0. The molecular weight excluding hydrogens is 358 g/mol. The molecule has 1 aromatic heterocycles. The zero-order valence-corrected chi connectivity index (χ0v) is 15.4. The highest BCUT2D eigenvalue weighted by molar-refractivity contribution is 8.00. The standard InChI is InChI=1S/C18H16ClN3O2S/c1-11-15(12(2)23)7-14(8-20)18(22-11)25-10-17(24)21-9-13-5-3-4-6-16(13)19/h3-7H,9-10H2,1-2H3,(H,21,24). The van der Waals surface area contributed by atoms with Gasteiger partial charge >= 0.3 is 0 Å². The number of rotatable bonds is 6. The smallest absolute Gasteiger partial charge is 0.230 e. The minimum atomic E-state index is -0.191. The van der Waals surface area contributed by atoms with E-state index in [1.165, 1.54) is 13.0 Å². The first-order chi connectivity index (χ1) is 11.9. The minimum absolute atomic E-state index is 0.116. The highest BCUT2D eigenvalue weighted by Gasteiger charge is 2.14. The van der Waals surface area contributed by atoms with E-state index in [4.69, 9.17) is 11.6 Å². The number of amides is 1.